The summed E-state index contributed by atoms with van der Waals surface area (Å²) in [4.78, 5) is 0.139. The van der Waals surface area contributed by atoms with Crippen molar-refractivity contribution in [1.29, 1.82) is 0 Å². The van der Waals surface area contributed by atoms with Gasteiger partial charge in [0.2, 0.25) is 0 Å². The van der Waals surface area contributed by atoms with E-state index in [0.29, 0.717) is 16.4 Å². The Morgan fingerprint density at radius 2 is 1.68 bits per heavy atom. The summed E-state index contributed by atoms with van der Waals surface area (Å²) in [7, 11) is -3.72. The number of fused-ring (bicyclic) bond motifs is 1. The fraction of sp³-hybridized carbons (Fsp3) is 0. The topological polar surface area (TPSA) is 62.1 Å². The second kappa shape index (κ2) is 4.32. The van der Waals surface area contributed by atoms with Gasteiger partial charge < -0.3 is 0 Å². The highest BCUT2D eigenvalue weighted by molar-refractivity contribution is 7.93. The van der Waals surface area contributed by atoms with E-state index in [1.54, 1.807) is 42.5 Å². The van der Waals surface area contributed by atoms with Gasteiger partial charge in [-0.1, -0.05) is 29.0 Å². The van der Waals surface area contributed by atoms with Crippen molar-refractivity contribution in [2.24, 2.45) is 10.3 Å². The number of sulfonamides is 1. The van der Waals surface area contributed by atoms with Crippen molar-refractivity contribution in [3.05, 3.63) is 53.6 Å². The number of anilines is 1. The summed E-state index contributed by atoms with van der Waals surface area (Å²) < 4.78 is 25.8. The molecule has 1 heterocycles. The van der Waals surface area contributed by atoms with Crippen LogP contribution in [0.4, 0.5) is 11.4 Å². The molecule has 0 amide bonds. The lowest BCUT2D eigenvalue weighted by Crippen LogP contribution is -2.27. The standard InChI is InChI=1S/C12H8ClN3O2S/c13-9-5-7-10(8-6-9)16-15-14-11-3-1-2-4-12(11)19(16,17)18/h1-8H. The number of hydrogen-bond donors (Lipinski definition) is 0. The van der Waals surface area contributed by atoms with Gasteiger partial charge in [-0.3, -0.25) is 0 Å². The van der Waals surface area contributed by atoms with Crippen molar-refractivity contribution in [2.75, 3.05) is 4.41 Å². The van der Waals surface area contributed by atoms with Crippen LogP contribution in [0.15, 0.2) is 63.8 Å². The zero-order chi connectivity index (χ0) is 13.5. The van der Waals surface area contributed by atoms with Gasteiger partial charge in [-0.25, -0.2) is 0 Å². The molecule has 19 heavy (non-hydrogen) atoms. The Hall–Kier alpha value is -1.92. The number of hydrogen-bond acceptors (Lipinski definition) is 4. The largest absolute Gasteiger partial charge is 0.287 e. The van der Waals surface area contributed by atoms with Crippen LogP contribution in [0, 0.1) is 0 Å². The lowest BCUT2D eigenvalue weighted by molar-refractivity contribution is 0.588. The zero-order valence-electron chi connectivity index (χ0n) is 9.56. The van der Waals surface area contributed by atoms with Crippen LogP contribution >= 0.6 is 11.6 Å². The average Bonchev–Trinajstić information content (AvgIpc) is 2.40. The lowest BCUT2D eigenvalue weighted by atomic mass is 10.3. The summed E-state index contributed by atoms with van der Waals surface area (Å²) in [6, 6.07) is 12.8. The van der Waals surface area contributed by atoms with Crippen LogP contribution in [-0.2, 0) is 10.0 Å². The summed E-state index contributed by atoms with van der Waals surface area (Å²) in [5.41, 5.74) is 0.732. The molecule has 0 saturated heterocycles. The summed E-state index contributed by atoms with van der Waals surface area (Å²) >= 11 is 5.78. The molecule has 0 spiro atoms. The highest BCUT2D eigenvalue weighted by atomic mass is 35.5. The number of nitrogens with zero attached hydrogens (tertiary/aromatic N) is 3. The summed E-state index contributed by atoms with van der Waals surface area (Å²) in [5.74, 6) is 0. The molecule has 0 N–H and O–H groups in total. The maximum atomic E-state index is 12.4. The van der Waals surface area contributed by atoms with Crippen LogP contribution in [0.2, 0.25) is 5.02 Å². The van der Waals surface area contributed by atoms with Crippen molar-refractivity contribution in [1.82, 2.24) is 0 Å². The Labute approximate surface area is 115 Å². The fourth-order valence-electron chi connectivity index (χ4n) is 1.75. The minimum atomic E-state index is -3.72. The molecule has 0 fully saturated rings. The second-order valence-electron chi connectivity index (χ2n) is 3.88. The first-order valence-corrected chi connectivity index (χ1v) is 7.22. The van der Waals surface area contributed by atoms with Gasteiger partial charge in [0.25, 0.3) is 10.0 Å². The van der Waals surface area contributed by atoms with Crippen LogP contribution in [-0.4, -0.2) is 8.42 Å². The minimum absolute atomic E-state index is 0.139. The van der Waals surface area contributed by atoms with Gasteiger partial charge in [0.1, 0.15) is 10.6 Å². The molecule has 96 valence electrons. The quantitative estimate of drug-likeness (QED) is 0.807. The second-order valence-corrected chi connectivity index (χ2v) is 6.05. The van der Waals surface area contributed by atoms with Gasteiger partial charge in [0, 0.05) is 5.02 Å². The van der Waals surface area contributed by atoms with E-state index in [4.69, 9.17) is 11.6 Å². The molecule has 3 rings (SSSR count). The van der Waals surface area contributed by atoms with Gasteiger partial charge in [0.05, 0.1) is 5.69 Å². The molecule has 0 radical (unpaired) electrons. The molecule has 0 unspecified atom stereocenters. The summed E-state index contributed by atoms with van der Waals surface area (Å²) in [6.07, 6.45) is 0. The van der Waals surface area contributed by atoms with Gasteiger partial charge in [0.15, 0.2) is 0 Å². The van der Waals surface area contributed by atoms with Crippen LogP contribution in [0.5, 0.6) is 0 Å². The fourth-order valence-corrected chi connectivity index (χ4v) is 3.21. The lowest BCUT2D eigenvalue weighted by Gasteiger charge is -2.21. The SMILES string of the molecule is O=S1(=O)c2ccccc2N=NN1c1ccc(Cl)cc1. The third kappa shape index (κ3) is 1.98. The molecule has 7 heteroatoms. The third-order valence-corrected chi connectivity index (χ3v) is 4.54. The van der Waals surface area contributed by atoms with Crippen LogP contribution in [0.25, 0.3) is 0 Å². The van der Waals surface area contributed by atoms with E-state index in [0.717, 1.165) is 4.41 Å². The first-order chi connectivity index (χ1) is 9.09. The van der Waals surface area contributed by atoms with Crippen molar-refractivity contribution < 1.29 is 8.42 Å². The number of halogens is 1. The molecule has 2 aromatic rings. The van der Waals surface area contributed by atoms with E-state index in [1.807, 2.05) is 0 Å². The molecule has 0 bridgehead atoms. The first kappa shape index (κ1) is 12.1. The Bertz CT molecular complexity index is 757. The Balaban J connectivity index is 2.14. The Morgan fingerprint density at radius 3 is 2.42 bits per heavy atom. The van der Waals surface area contributed by atoms with Gasteiger partial charge >= 0.3 is 0 Å². The van der Waals surface area contributed by atoms with Crippen molar-refractivity contribution in [3.8, 4) is 0 Å². The minimum Gasteiger partial charge on any atom is -0.199 e. The summed E-state index contributed by atoms with van der Waals surface area (Å²) in [6.45, 7) is 0. The maximum absolute atomic E-state index is 12.4. The highest BCUT2D eigenvalue weighted by Gasteiger charge is 2.31. The van der Waals surface area contributed by atoms with Crippen molar-refractivity contribution >= 4 is 33.0 Å². The van der Waals surface area contributed by atoms with E-state index in [9.17, 15) is 8.42 Å². The van der Waals surface area contributed by atoms with Crippen LogP contribution in [0.3, 0.4) is 0 Å². The van der Waals surface area contributed by atoms with Crippen molar-refractivity contribution in [3.63, 3.8) is 0 Å². The van der Waals surface area contributed by atoms with Gasteiger partial charge in [-0.2, -0.15) is 8.42 Å². The normalized spacial score (nSPS) is 16.2. The Kier molecular flexibility index (Phi) is 2.76. The molecule has 1 aliphatic heterocycles. The van der Waals surface area contributed by atoms with Gasteiger partial charge in [-0.05, 0) is 36.4 Å². The molecule has 0 saturated carbocycles. The molecule has 0 aliphatic carbocycles. The van der Waals surface area contributed by atoms with Crippen LogP contribution in [0.1, 0.15) is 0 Å². The van der Waals surface area contributed by atoms with Gasteiger partial charge in [-0.15, -0.1) is 9.53 Å². The van der Waals surface area contributed by atoms with E-state index in [-0.39, 0.29) is 4.90 Å². The molecule has 0 aromatic heterocycles. The van der Waals surface area contributed by atoms with E-state index >= 15 is 0 Å². The molecule has 1 aliphatic rings. The maximum Gasteiger partial charge on any atom is 0.287 e. The number of benzene rings is 2. The third-order valence-electron chi connectivity index (χ3n) is 2.65. The predicted molar refractivity (Wildman–Crippen MR) is 72.1 cm³/mol. The first-order valence-electron chi connectivity index (χ1n) is 5.40. The van der Waals surface area contributed by atoms with Crippen LogP contribution < -0.4 is 4.41 Å². The highest BCUT2D eigenvalue weighted by Crippen LogP contribution is 2.35. The molecule has 2 aromatic carbocycles. The molecule has 5 nitrogen and oxygen atoms in total. The van der Waals surface area contributed by atoms with E-state index < -0.39 is 10.0 Å². The van der Waals surface area contributed by atoms with Crippen molar-refractivity contribution in [2.45, 2.75) is 4.90 Å². The molecular formula is C12H8ClN3O2S. The molecule has 0 atom stereocenters. The summed E-state index contributed by atoms with van der Waals surface area (Å²) in [5, 5.41) is 8.18. The smallest absolute Gasteiger partial charge is 0.199 e. The average molecular weight is 294 g/mol. The van der Waals surface area contributed by atoms with E-state index in [1.165, 1.54) is 6.07 Å². The Morgan fingerprint density at radius 1 is 1.00 bits per heavy atom. The monoisotopic (exact) mass is 293 g/mol. The molecular weight excluding hydrogens is 286 g/mol. The zero-order valence-corrected chi connectivity index (χ0v) is 11.1. The predicted octanol–water partition coefficient (Wildman–Crippen LogP) is 3.55. The van der Waals surface area contributed by atoms with E-state index in [2.05, 4.69) is 10.3 Å². The number of rotatable bonds is 1.